The largest absolute Gasteiger partial charge is 0.454 e. The molecule has 1 aliphatic heterocycles. The third kappa shape index (κ3) is 3.01. The lowest BCUT2D eigenvalue weighted by molar-refractivity contribution is -0.131. The minimum Gasteiger partial charge on any atom is -0.454 e. The van der Waals surface area contributed by atoms with Gasteiger partial charge in [0.25, 0.3) is 5.91 Å². The summed E-state index contributed by atoms with van der Waals surface area (Å²) in [6.45, 7) is 1.48. The number of amides is 1. The number of anilines is 1. The van der Waals surface area contributed by atoms with Crippen LogP contribution in [-0.2, 0) is 4.79 Å². The van der Waals surface area contributed by atoms with Gasteiger partial charge in [-0.25, -0.2) is 0 Å². The highest BCUT2D eigenvalue weighted by atomic mass is 16.7. The minimum absolute atomic E-state index is 0.178. The Labute approximate surface area is 126 Å². The number of nitrogens with one attached hydrogen (secondary N) is 1. The topological polar surface area (TPSA) is 73.9 Å². The molecule has 22 heavy (non-hydrogen) atoms. The quantitative estimate of drug-likeness (QED) is 0.696. The van der Waals surface area contributed by atoms with Crippen LogP contribution >= 0.6 is 0 Å². The Morgan fingerprint density at radius 1 is 1.09 bits per heavy atom. The van der Waals surface area contributed by atoms with Crippen molar-refractivity contribution in [2.75, 3.05) is 12.1 Å². The molecule has 3 rings (SSSR count). The SMILES string of the molecule is CC(=O)Oc1cccc(C(=O)Nc2ccc3c(c2)OCO3)c1. The number of ether oxygens (including phenoxy) is 3. The maximum atomic E-state index is 12.2. The van der Waals surface area contributed by atoms with Crippen LogP contribution in [0.15, 0.2) is 42.5 Å². The van der Waals surface area contributed by atoms with Gasteiger partial charge < -0.3 is 19.5 Å². The molecule has 0 bridgehead atoms. The van der Waals surface area contributed by atoms with Crippen LogP contribution < -0.4 is 19.5 Å². The summed E-state index contributed by atoms with van der Waals surface area (Å²) < 4.78 is 15.4. The lowest BCUT2D eigenvalue weighted by Crippen LogP contribution is -2.12. The van der Waals surface area contributed by atoms with E-state index in [0.29, 0.717) is 28.5 Å². The highest BCUT2D eigenvalue weighted by Gasteiger charge is 2.15. The summed E-state index contributed by atoms with van der Waals surface area (Å²) in [5.74, 6) is 0.813. The molecule has 0 spiro atoms. The number of hydrogen-bond donors (Lipinski definition) is 1. The van der Waals surface area contributed by atoms with Crippen LogP contribution in [0.2, 0.25) is 0 Å². The molecule has 0 saturated heterocycles. The van der Waals surface area contributed by atoms with E-state index in [2.05, 4.69) is 5.32 Å². The van der Waals surface area contributed by atoms with Crippen LogP contribution in [0.1, 0.15) is 17.3 Å². The Balaban J connectivity index is 1.75. The van der Waals surface area contributed by atoms with E-state index in [1.54, 1.807) is 36.4 Å². The van der Waals surface area contributed by atoms with Crippen LogP contribution in [0.5, 0.6) is 17.2 Å². The maximum absolute atomic E-state index is 12.2. The molecule has 0 unspecified atom stereocenters. The van der Waals surface area contributed by atoms with Crippen molar-refractivity contribution in [1.29, 1.82) is 0 Å². The monoisotopic (exact) mass is 299 g/mol. The van der Waals surface area contributed by atoms with Crippen LogP contribution in [0, 0.1) is 0 Å². The molecule has 0 fully saturated rings. The summed E-state index contributed by atoms with van der Waals surface area (Å²) in [6.07, 6.45) is 0. The zero-order valence-electron chi connectivity index (χ0n) is 11.8. The Hall–Kier alpha value is -3.02. The van der Waals surface area contributed by atoms with E-state index in [0.717, 1.165) is 0 Å². The van der Waals surface area contributed by atoms with Crippen molar-refractivity contribution in [3.05, 3.63) is 48.0 Å². The third-order valence-electron chi connectivity index (χ3n) is 2.99. The van der Waals surface area contributed by atoms with Crippen LogP contribution in [0.4, 0.5) is 5.69 Å². The molecule has 1 amide bonds. The maximum Gasteiger partial charge on any atom is 0.308 e. The summed E-state index contributed by atoms with van der Waals surface area (Å²) in [7, 11) is 0. The predicted molar refractivity (Wildman–Crippen MR) is 78.3 cm³/mol. The molecule has 0 aromatic heterocycles. The number of esters is 1. The van der Waals surface area contributed by atoms with Crippen molar-refractivity contribution >= 4 is 17.6 Å². The number of carbonyl (C=O) groups excluding carboxylic acids is 2. The van der Waals surface area contributed by atoms with Gasteiger partial charge in [0.15, 0.2) is 11.5 Å². The van der Waals surface area contributed by atoms with Gasteiger partial charge in [-0.3, -0.25) is 9.59 Å². The van der Waals surface area contributed by atoms with Gasteiger partial charge in [-0.1, -0.05) is 6.07 Å². The van der Waals surface area contributed by atoms with Gasteiger partial charge in [0.05, 0.1) is 0 Å². The molecule has 6 nitrogen and oxygen atoms in total. The molecular weight excluding hydrogens is 286 g/mol. The number of rotatable bonds is 3. The molecule has 1 aliphatic rings. The molecule has 0 atom stereocenters. The first-order valence-electron chi connectivity index (χ1n) is 6.61. The van der Waals surface area contributed by atoms with Gasteiger partial charge in [-0.2, -0.15) is 0 Å². The molecule has 0 saturated carbocycles. The standard InChI is InChI=1S/C16H13NO5/c1-10(18)22-13-4-2-3-11(7-13)16(19)17-12-5-6-14-15(8-12)21-9-20-14/h2-8H,9H2,1H3,(H,17,19). The smallest absolute Gasteiger partial charge is 0.308 e. The van der Waals surface area contributed by atoms with Crippen LogP contribution in [0.25, 0.3) is 0 Å². The second-order valence-corrected chi connectivity index (χ2v) is 4.64. The van der Waals surface area contributed by atoms with E-state index < -0.39 is 5.97 Å². The van der Waals surface area contributed by atoms with E-state index in [1.165, 1.54) is 13.0 Å². The molecule has 6 heteroatoms. The fraction of sp³-hybridized carbons (Fsp3) is 0.125. The van der Waals surface area contributed by atoms with Crippen molar-refractivity contribution in [2.24, 2.45) is 0 Å². The van der Waals surface area contributed by atoms with Gasteiger partial charge >= 0.3 is 5.97 Å². The summed E-state index contributed by atoms with van der Waals surface area (Å²) in [5.41, 5.74) is 0.976. The van der Waals surface area contributed by atoms with Gasteiger partial charge in [0.1, 0.15) is 5.75 Å². The second-order valence-electron chi connectivity index (χ2n) is 4.64. The summed E-state index contributed by atoms with van der Waals surface area (Å²) in [4.78, 5) is 23.2. The van der Waals surface area contributed by atoms with Crippen molar-refractivity contribution in [3.63, 3.8) is 0 Å². The summed E-state index contributed by atoms with van der Waals surface area (Å²) in [5, 5.41) is 2.75. The summed E-state index contributed by atoms with van der Waals surface area (Å²) >= 11 is 0. The Bertz CT molecular complexity index is 741. The molecule has 1 heterocycles. The fourth-order valence-corrected chi connectivity index (χ4v) is 2.04. The number of fused-ring (bicyclic) bond motifs is 1. The zero-order chi connectivity index (χ0) is 15.5. The highest BCUT2D eigenvalue weighted by molar-refractivity contribution is 6.04. The molecule has 0 aliphatic carbocycles. The molecule has 2 aromatic carbocycles. The zero-order valence-corrected chi connectivity index (χ0v) is 11.8. The van der Waals surface area contributed by atoms with E-state index in [4.69, 9.17) is 14.2 Å². The number of hydrogen-bond acceptors (Lipinski definition) is 5. The van der Waals surface area contributed by atoms with Gasteiger partial charge in [-0.15, -0.1) is 0 Å². The minimum atomic E-state index is -0.437. The van der Waals surface area contributed by atoms with E-state index >= 15 is 0 Å². The second kappa shape index (κ2) is 5.77. The Kier molecular flexibility index (Phi) is 3.65. The highest BCUT2D eigenvalue weighted by Crippen LogP contribution is 2.34. The fourth-order valence-electron chi connectivity index (χ4n) is 2.04. The first kappa shape index (κ1) is 13.9. The van der Waals surface area contributed by atoms with Gasteiger partial charge in [0.2, 0.25) is 6.79 Å². The van der Waals surface area contributed by atoms with Crippen molar-refractivity contribution in [1.82, 2.24) is 0 Å². The van der Waals surface area contributed by atoms with Gasteiger partial charge in [0, 0.05) is 24.2 Å². The summed E-state index contributed by atoms with van der Waals surface area (Å²) in [6, 6.07) is 11.5. The number of benzene rings is 2. The first-order chi connectivity index (χ1) is 10.6. The Morgan fingerprint density at radius 3 is 2.73 bits per heavy atom. The lowest BCUT2D eigenvalue weighted by Gasteiger charge is -2.07. The molecular formula is C16H13NO5. The van der Waals surface area contributed by atoms with Crippen molar-refractivity contribution < 1.29 is 23.8 Å². The lowest BCUT2D eigenvalue weighted by atomic mass is 10.2. The van der Waals surface area contributed by atoms with Crippen molar-refractivity contribution in [2.45, 2.75) is 6.92 Å². The van der Waals surface area contributed by atoms with Crippen LogP contribution in [-0.4, -0.2) is 18.7 Å². The number of carbonyl (C=O) groups is 2. The van der Waals surface area contributed by atoms with E-state index in [1.807, 2.05) is 0 Å². The van der Waals surface area contributed by atoms with Crippen molar-refractivity contribution in [3.8, 4) is 17.2 Å². The van der Waals surface area contributed by atoms with E-state index in [-0.39, 0.29) is 12.7 Å². The predicted octanol–water partition coefficient (Wildman–Crippen LogP) is 2.59. The molecule has 112 valence electrons. The average molecular weight is 299 g/mol. The first-order valence-corrected chi connectivity index (χ1v) is 6.61. The third-order valence-corrected chi connectivity index (χ3v) is 2.99. The Morgan fingerprint density at radius 2 is 1.91 bits per heavy atom. The molecule has 1 N–H and O–H groups in total. The van der Waals surface area contributed by atoms with Gasteiger partial charge in [-0.05, 0) is 30.3 Å². The average Bonchev–Trinajstić information content (AvgIpc) is 2.94. The normalized spacial score (nSPS) is 11.9. The molecule has 2 aromatic rings. The van der Waals surface area contributed by atoms with Crippen LogP contribution in [0.3, 0.4) is 0 Å². The van der Waals surface area contributed by atoms with E-state index in [9.17, 15) is 9.59 Å². The molecule has 0 radical (unpaired) electrons.